The maximum absolute atomic E-state index is 13.4. The van der Waals surface area contributed by atoms with Crippen molar-refractivity contribution in [3.05, 3.63) is 65.7 Å². The fourth-order valence-corrected chi connectivity index (χ4v) is 4.18. The van der Waals surface area contributed by atoms with Crippen LogP contribution < -0.4 is 5.32 Å². The van der Waals surface area contributed by atoms with Gasteiger partial charge in [0.2, 0.25) is 0 Å². The molecule has 0 atom stereocenters. The van der Waals surface area contributed by atoms with Crippen LogP contribution in [0.1, 0.15) is 36.4 Å². The van der Waals surface area contributed by atoms with Gasteiger partial charge in [0.25, 0.3) is 0 Å². The van der Waals surface area contributed by atoms with Crippen LogP contribution in [0.5, 0.6) is 0 Å². The van der Waals surface area contributed by atoms with Crippen molar-refractivity contribution in [1.82, 2.24) is 15.1 Å². The molecule has 1 aliphatic rings. The number of likely N-dealkylation sites (tertiary alicyclic amines) is 1. The van der Waals surface area contributed by atoms with E-state index in [0.29, 0.717) is 29.2 Å². The second-order valence-corrected chi connectivity index (χ2v) is 7.92. The van der Waals surface area contributed by atoms with Gasteiger partial charge in [0, 0.05) is 11.9 Å². The zero-order valence-corrected chi connectivity index (χ0v) is 17.3. The molecule has 3 aromatic rings. The van der Waals surface area contributed by atoms with Crippen molar-refractivity contribution in [2.75, 3.05) is 26.3 Å². The molecule has 162 valence electrons. The number of alkyl halides is 1. The van der Waals surface area contributed by atoms with Gasteiger partial charge < -0.3 is 4.90 Å². The Hall–Kier alpha value is -2.97. The van der Waals surface area contributed by atoms with Crippen LogP contribution in [-0.2, 0) is 0 Å². The van der Waals surface area contributed by atoms with Crippen LogP contribution in [0.15, 0.2) is 53.8 Å². The van der Waals surface area contributed by atoms with Crippen LogP contribution in [0.3, 0.4) is 0 Å². The van der Waals surface area contributed by atoms with Crippen LogP contribution in [0.2, 0.25) is 0 Å². The summed E-state index contributed by atoms with van der Waals surface area (Å²) in [6.07, 6.45) is 4.58. The molecule has 4 rings (SSSR count). The number of rotatable bonds is 8. The first-order valence-corrected chi connectivity index (χ1v) is 10.6. The molecule has 1 fully saturated rings. The molecule has 4 N–H and O–H groups in total. The molecule has 1 aromatic heterocycles. The molecule has 0 unspecified atom stereocenters. The number of aromatic nitrogens is 2. The number of quaternary nitrogens is 1. The molecule has 0 spiro atoms. The second kappa shape index (κ2) is 9.89. The van der Waals surface area contributed by atoms with Crippen molar-refractivity contribution in [2.45, 2.75) is 25.2 Å². The van der Waals surface area contributed by atoms with Crippen LogP contribution in [0.4, 0.5) is 14.5 Å². The quantitative estimate of drug-likeness (QED) is 0.368. The maximum Gasteiger partial charge on any atom is 0.166 e. The molecule has 8 heteroatoms. The Labute approximate surface area is 179 Å². The largest absolute Gasteiger partial charge is 0.303 e. The minimum absolute atomic E-state index is 0.240. The number of nitrogens with one attached hydrogen (secondary N) is 2. The molecule has 31 heavy (non-hydrogen) atoms. The van der Waals surface area contributed by atoms with Gasteiger partial charge in [0.1, 0.15) is 23.4 Å². The van der Waals surface area contributed by atoms with Gasteiger partial charge in [-0.1, -0.05) is 12.1 Å². The number of piperidine rings is 1. The molecule has 1 saturated heterocycles. The molecule has 0 amide bonds. The summed E-state index contributed by atoms with van der Waals surface area (Å²) in [5.41, 5.74) is 11.4. The number of benzene rings is 2. The number of nitrogens with zero attached hydrogens (tertiary/aromatic N) is 3. The molecular weight excluding hydrogens is 398 g/mol. The number of hydrogen-bond acceptors (Lipinski definition) is 4. The summed E-state index contributed by atoms with van der Waals surface area (Å²) in [6.45, 7) is 2.66. The van der Waals surface area contributed by atoms with Gasteiger partial charge in [-0.15, -0.1) is 0 Å². The highest BCUT2D eigenvalue weighted by molar-refractivity contribution is 5.89. The minimum atomic E-state index is -0.340. The van der Waals surface area contributed by atoms with E-state index in [4.69, 9.17) is 5.53 Å². The summed E-state index contributed by atoms with van der Waals surface area (Å²) in [6, 6.07) is 12.8. The van der Waals surface area contributed by atoms with Gasteiger partial charge in [0.05, 0.1) is 12.2 Å². The van der Waals surface area contributed by atoms with E-state index in [0.717, 1.165) is 43.5 Å². The Morgan fingerprint density at radius 1 is 1.23 bits per heavy atom. The fraction of sp³-hybridized carbons (Fsp3) is 0.348. The van der Waals surface area contributed by atoms with E-state index in [2.05, 4.69) is 44.5 Å². The molecule has 6 nitrogen and oxygen atoms in total. The lowest BCUT2D eigenvalue weighted by atomic mass is 9.89. The average molecular weight is 426 g/mol. The molecule has 0 radical (unpaired) electrons. The van der Waals surface area contributed by atoms with Crippen LogP contribution in [0, 0.1) is 11.3 Å². The molecule has 2 heterocycles. The van der Waals surface area contributed by atoms with Gasteiger partial charge in [-0.3, -0.25) is 14.8 Å². The van der Waals surface area contributed by atoms with Gasteiger partial charge in [-0.2, -0.15) is 10.2 Å². The lowest BCUT2D eigenvalue weighted by Crippen LogP contribution is -2.71. The second-order valence-electron chi connectivity index (χ2n) is 7.92. The Kier molecular flexibility index (Phi) is 6.79. The third-order valence-electron chi connectivity index (χ3n) is 5.93. The van der Waals surface area contributed by atoms with Gasteiger partial charge in [-0.25, -0.2) is 9.92 Å². The third-order valence-corrected chi connectivity index (χ3v) is 5.93. The number of hydrogen-bond donors (Lipinski definition) is 3. The first kappa shape index (κ1) is 21.3. The van der Waals surface area contributed by atoms with E-state index in [1.54, 1.807) is 12.3 Å². The first-order chi connectivity index (χ1) is 15.2. The molecule has 2 aromatic carbocycles. The lowest BCUT2D eigenvalue weighted by Gasteiger charge is -2.32. The standard InChI is InChI=1S/C23H26F2N6/c24-10-1-11-31-12-8-17(9-13-31)16-2-5-19(6-3-16)27-15-22(28-26)23-20-7-4-18(25)14-21(20)29-30-23/h2-7,14-15,17,26-27H,1,8-13H2,(H,29,30)/p+1. The zero-order valence-electron chi connectivity index (χ0n) is 17.3. The third kappa shape index (κ3) is 5.03. The average Bonchev–Trinajstić information content (AvgIpc) is 3.22. The number of halogens is 2. The Morgan fingerprint density at radius 3 is 2.71 bits per heavy atom. The number of H-pyrrole nitrogens is 1. The first-order valence-electron chi connectivity index (χ1n) is 10.6. The summed E-state index contributed by atoms with van der Waals surface area (Å²) in [5, 5.41) is 13.2. The monoisotopic (exact) mass is 425 g/mol. The van der Waals surface area contributed by atoms with E-state index >= 15 is 0 Å². The van der Waals surface area contributed by atoms with E-state index < -0.39 is 0 Å². The molecule has 0 aliphatic carbocycles. The topological polar surface area (TPSA) is 84.7 Å². The van der Waals surface area contributed by atoms with Crippen molar-refractivity contribution in [3.8, 4) is 0 Å². The summed E-state index contributed by atoms with van der Waals surface area (Å²) in [7, 11) is 0. The fourth-order valence-electron chi connectivity index (χ4n) is 4.18. The predicted molar refractivity (Wildman–Crippen MR) is 116 cm³/mol. The van der Waals surface area contributed by atoms with Crippen molar-refractivity contribution in [1.29, 1.82) is 5.53 Å². The van der Waals surface area contributed by atoms with Crippen molar-refractivity contribution >= 4 is 22.3 Å². The predicted octanol–water partition coefficient (Wildman–Crippen LogP) is 4.47. The highest BCUT2D eigenvalue weighted by Crippen LogP contribution is 2.28. The maximum atomic E-state index is 13.4. The van der Waals surface area contributed by atoms with Gasteiger partial charge in [-0.05, 0) is 74.2 Å². The van der Waals surface area contributed by atoms with E-state index in [9.17, 15) is 8.78 Å². The normalized spacial score (nSPS) is 16.1. The SMILES string of the molecule is N=NC(=C[NH2+]c1ccc(C2CCN(CCCF)CC2)cc1)c1n[nH]c2cc(F)ccc12. The number of aromatic amines is 1. The van der Waals surface area contributed by atoms with Crippen LogP contribution >= 0.6 is 0 Å². The Balaban J connectivity index is 1.40. The smallest absolute Gasteiger partial charge is 0.166 e. The van der Waals surface area contributed by atoms with E-state index in [1.807, 2.05) is 5.32 Å². The number of fused-ring (bicyclic) bond motifs is 1. The molecule has 1 aliphatic heterocycles. The summed E-state index contributed by atoms with van der Waals surface area (Å²) < 4.78 is 25.7. The van der Waals surface area contributed by atoms with Crippen molar-refractivity contribution in [3.63, 3.8) is 0 Å². The molecule has 0 bridgehead atoms. The van der Waals surface area contributed by atoms with Gasteiger partial charge >= 0.3 is 0 Å². The highest BCUT2D eigenvalue weighted by atomic mass is 19.1. The van der Waals surface area contributed by atoms with Crippen molar-refractivity contribution < 1.29 is 14.1 Å². The Morgan fingerprint density at radius 2 is 2.00 bits per heavy atom. The van der Waals surface area contributed by atoms with Crippen LogP contribution in [0.25, 0.3) is 16.6 Å². The summed E-state index contributed by atoms with van der Waals surface area (Å²) in [4.78, 5) is 2.35. The molecular formula is C23H27F2N6+. The molecule has 0 saturated carbocycles. The minimum Gasteiger partial charge on any atom is -0.303 e. The van der Waals surface area contributed by atoms with E-state index in [-0.39, 0.29) is 12.5 Å². The number of nitrogens with two attached hydrogens (primary N) is 1. The Bertz CT molecular complexity index is 1050. The zero-order chi connectivity index (χ0) is 21.6. The highest BCUT2D eigenvalue weighted by Gasteiger charge is 2.20. The van der Waals surface area contributed by atoms with Crippen molar-refractivity contribution in [2.24, 2.45) is 5.11 Å². The summed E-state index contributed by atoms with van der Waals surface area (Å²) in [5.74, 6) is 0.203. The summed E-state index contributed by atoms with van der Waals surface area (Å²) >= 11 is 0. The van der Waals surface area contributed by atoms with Gasteiger partial charge in [0.15, 0.2) is 5.70 Å². The van der Waals surface area contributed by atoms with Crippen LogP contribution in [-0.4, -0.2) is 41.4 Å². The lowest BCUT2D eigenvalue weighted by molar-refractivity contribution is -0.495. The van der Waals surface area contributed by atoms with E-state index in [1.165, 1.54) is 17.7 Å².